The Morgan fingerprint density at radius 2 is 1.44 bits per heavy atom. The maximum absolute atomic E-state index is 12.7. The summed E-state index contributed by atoms with van der Waals surface area (Å²) in [6, 6.07) is 22.7. The van der Waals surface area contributed by atoms with E-state index in [1.807, 2.05) is 24.3 Å². The first-order valence-electron chi connectivity index (χ1n) is 11.3. The lowest BCUT2D eigenvalue weighted by molar-refractivity contribution is -0.145. The van der Waals surface area contributed by atoms with E-state index < -0.39 is 18.0 Å². The first-order chi connectivity index (χ1) is 16.5. The largest absolute Gasteiger partial charge is 0.481 e. The highest BCUT2D eigenvalue weighted by atomic mass is 16.5. The first kappa shape index (κ1) is 21.7. The Morgan fingerprint density at radius 3 is 2.09 bits per heavy atom. The highest BCUT2D eigenvalue weighted by Gasteiger charge is 2.35. The lowest BCUT2D eigenvalue weighted by Gasteiger charge is -2.33. The fraction of sp³-hybridized carbons (Fsp3) is 0.222. The predicted molar refractivity (Wildman–Crippen MR) is 127 cm³/mol. The molecule has 2 aliphatic carbocycles. The van der Waals surface area contributed by atoms with Crippen molar-refractivity contribution in [3.63, 3.8) is 0 Å². The Labute approximate surface area is 196 Å². The number of ether oxygens (including phenoxy) is 1. The van der Waals surface area contributed by atoms with Crippen molar-refractivity contribution < 1.29 is 24.2 Å². The van der Waals surface area contributed by atoms with E-state index in [2.05, 4.69) is 34.9 Å². The molecule has 0 spiro atoms. The van der Waals surface area contributed by atoms with Gasteiger partial charge in [-0.2, -0.15) is 0 Å². The number of carbonyl (C=O) groups is 3. The van der Waals surface area contributed by atoms with Gasteiger partial charge in [-0.25, -0.2) is 4.79 Å². The number of para-hydroxylation sites is 1. The van der Waals surface area contributed by atoms with Gasteiger partial charge in [0.2, 0.25) is 0 Å². The van der Waals surface area contributed by atoms with Crippen molar-refractivity contribution in [2.45, 2.75) is 24.8 Å². The molecule has 0 saturated heterocycles. The van der Waals surface area contributed by atoms with Gasteiger partial charge in [-0.15, -0.1) is 0 Å². The molecule has 3 N–H and O–H groups in total. The van der Waals surface area contributed by atoms with Gasteiger partial charge in [-0.3, -0.25) is 14.9 Å². The summed E-state index contributed by atoms with van der Waals surface area (Å²) in [6.45, 7) is 0.173. The SMILES string of the molecule is O=C(Nc1ccccc1C(=O)NC1CC(C(=O)O)C1)OCC1c2ccccc2-c2ccccc21. The number of hydrogen-bond acceptors (Lipinski definition) is 4. The van der Waals surface area contributed by atoms with E-state index in [4.69, 9.17) is 9.84 Å². The van der Waals surface area contributed by atoms with E-state index in [-0.39, 0.29) is 24.5 Å². The van der Waals surface area contributed by atoms with Crippen molar-refractivity contribution in [2.75, 3.05) is 11.9 Å². The van der Waals surface area contributed by atoms with Gasteiger partial charge in [-0.05, 0) is 47.2 Å². The van der Waals surface area contributed by atoms with Gasteiger partial charge in [0.1, 0.15) is 6.61 Å². The van der Waals surface area contributed by atoms with Crippen molar-refractivity contribution in [2.24, 2.45) is 5.92 Å². The topological polar surface area (TPSA) is 105 Å². The molecule has 34 heavy (non-hydrogen) atoms. The summed E-state index contributed by atoms with van der Waals surface area (Å²) < 4.78 is 5.59. The molecule has 5 rings (SSSR count). The van der Waals surface area contributed by atoms with Crippen LogP contribution in [-0.2, 0) is 9.53 Å². The summed E-state index contributed by atoms with van der Waals surface area (Å²) in [4.78, 5) is 36.3. The third-order valence-electron chi connectivity index (χ3n) is 6.57. The molecule has 1 saturated carbocycles. The molecule has 0 atom stereocenters. The van der Waals surface area contributed by atoms with Gasteiger partial charge in [-0.1, -0.05) is 60.7 Å². The molecule has 7 nitrogen and oxygen atoms in total. The van der Waals surface area contributed by atoms with E-state index in [1.165, 1.54) is 0 Å². The second-order valence-corrected chi connectivity index (χ2v) is 8.67. The summed E-state index contributed by atoms with van der Waals surface area (Å²) in [6.07, 6.45) is 0.170. The molecule has 0 bridgehead atoms. The minimum absolute atomic E-state index is 0.0579. The zero-order chi connectivity index (χ0) is 23.7. The van der Waals surface area contributed by atoms with Crippen LogP contribution in [0.15, 0.2) is 72.8 Å². The molecule has 1 fully saturated rings. The summed E-state index contributed by atoms with van der Waals surface area (Å²) in [7, 11) is 0. The van der Waals surface area contributed by atoms with Crippen molar-refractivity contribution in [1.82, 2.24) is 5.32 Å². The third kappa shape index (κ3) is 4.12. The first-order valence-corrected chi connectivity index (χ1v) is 11.3. The van der Waals surface area contributed by atoms with Crippen LogP contribution in [0.1, 0.15) is 40.2 Å². The fourth-order valence-corrected chi connectivity index (χ4v) is 4.74. The zero-order valence-corrected chi connectivity index (χ0v) is 18.4. The van der Waals surface area contributed by atoms with Gasteiger partial charge in [0.05, 0.1) is 17.2 Å². The van der Waals surface area contributed by atoms with E-state index in [0.29, 0.717) is 24.1 Å². The third-order valence-corrected chi connectivity index (χ3v) is 6.57. The molecule has 2 aliphatic rings. The maximum atomic E-state index is 12.7. The molecule has 0 radical (unpaired) electrons. The van der Waals surface area contributed by atoms with Crippen LogP contribution in [0.3, 0.4) is 0 Å². The average molecular weight is 456 g/mol. The second-order valence-electron chi connectivity index (χ2n) is 8.67. The van der Waals surface area contributed by atoms with Gasteiger partial charge in [0, 0.05) is 12.0 Å². The lowest BCUT2D eigenvalue weighted by Crippen LogP contribution is -2.46. The molecule has 0 aromatic heterocycles. The Hall–Kier alpha value is -4.13. The molecule has 0 unspecified atom stereocenters. The number of hydrogen-bond donors (Lipinski definition) is 3. The number of amides is 2. The number of aliphatic carboxylic acids is 1. The number of nitrogens with one attached hydrogen (secondary N) is 2. The molecule has 7 heteroatoms. The zero-order valence-electron chi connectivity index (χ0n) is 18.4. The van der Waals surface area contributed by atoms with E-state index in [1.54, 1.807) is 24.3 Å². The monoisotopic (exact) mass is 456 g/mol. The normalized spacial score (nSPS) is 18.2. The molecule has 3 aromatic carbocycles. The van der Waals surface area contributed by atoms with Crippen LogP contribution in [-0.4, -0.2) is 35.7 Å². The van der Waals surface area contributed by atoms with Gasteiger partial charge < -0.3 is 15.2 Å². The van der Waals surface area contributed by atoms with Crippen molar-refractivity contribution in [1.29, 1.82) is 0 Å². The predicted octanol–water partition coefficient (Wildman–Crippen LogP) is 4.64. The van der Waals surface area contributed by atoms with E-state index in [9.17, 15) is 14.4 Å². The number of benzene rings is 3. The van der Waals surface area contributed by atoms with E-state index in [0.717, 1.165) is 22.3 Å². The summed E-state index contributed by atoms with van der Waals surface area (Å²) in [5.74, 6) is -1.68. The molecular formula is C27H24N2O5. The summed E-state index contributed by atoms with van der Waals surface area (Å²) in [5.41, 5.74) is 5.18. The fourth-order valence-electron chi connectivity index (χ4n) is 4.74. The average Bonchev–Trinajstić information content (AvgIpc) is 3.13. The van der Waals surface area contributed by atoms with Crippen LogP contribution in [0.2, 0.25) is 0 Å². The number of rotatable bonds is 6. The number of carbonyl (C=O) groups excluding carboxylic acids is 2. The highest BCUT2D eigenvalue weighted by Crippen LogP contribution is 2.44. The number of fused-ring (bicyclic) bond motifs is 3. The summed E-state index contributed by atoms with van der Waals surface area (Å²) in [5, 5.41) is 14.5. The molecule has 0 heterocycles. The van der Waals surface area contributed by atoms with Crippen LogP contribution in [0.5, 0.6) is 0 Å². The number of carboxylic acid groups (broad SMARTS) is 1. The number of carboxylic acids is 1. The maximum Gasteiger partial charge on any atom is 0.411 e. The van der Waals surface area contributed by atoms with Crippen molar-refractivity contribution in [3.05, 3.63) is 89.5 Å². The van der Waals surface area contributed by atoms with Crippen LogP contribution < -0.4 is 10.6 Å². The molecule has 3 aromatic rings. The van der Waals surface area contributed by atoms with Gasteiger partial charge in [0.25, 0.3) is 5.91 Å². The molecule has 2 amide bonds. The Morgan fingerprint density at radius 1 is 0.853 bits per heavy atom. The van der Waals surface area contributed by atoms with E-state index >= 15 is 0 Å². The molecular weight excluding hydrogens is 432 g/mol. The van der Waals surface area contributed by atoms with Crippen molar-refractivity contribution in [3.8, 4) is 11.1 Å². The second kappa shape index (κ2) is 9.02. The quantitative estimate of drug-likeness (QED) is 0.501. The standard InChI is InChI=1S/C27H24N2O5/c30-25(28-17-13-16(14-17)26(31)32)22-11-5-6-12-24(22)29-27(33)34-15-23-20-9-3-1-7-18(20)19-8-2-4-10-21(19)23/h1-12,16-17,23H,13-15H2,(H,28,30)(H,29,33)(H,31,32). The Kier molecular flexibility index (Phi) is 5.76. The van der Waals surface area contributed by atoms with Crippen LogP contribution in [0, 0.1) is 5.92 Å². The van der Waals surface area contributed by atoms with Crippen molar-refractivity contribution >= 4 is 23.7 Å². The molecule has 172 valence electrons. The van der Waals surface area contributed by atoms with Crippen LogP contribution in [0.25, 0.3) is 11.1 Å². The minimum Gasteiger partial charge on any atom is -0.481 e. The Balaban J connectivity index is 1.23. The summed E-state index contributed by atoms with van der Waals surface area (Å²) >= 11 is 0. The minimum atomic E-state index is -0.845. The number of anilines is 1. The Bertz CT molecular complexity index is 1220. The van der Waals surface area contributed by atoms with Gasteiger partial charge >= 0.3 is 12.1 Å². The smallest absolute Gasteiger partial charge is 0.411 e. The lowest BCUT2D eigenvalue weighted by atomic mass is 9.80. The van der Waals surface area contributed by atoms with Gasteiger partial charge in [0.15, 0.2) is 0 Å². The molecule has 0 aliphatic heterocycles. The van der Waals surface area contributed by atoms with Crippen LogP contribution in [0.4, 0.5) is 10.5 Å². The highest BCUT2D eigenvalue weighted by molar-refractivity contribution is 6.02. The van der Waals surface area contributed by atoms with Crippen LogP contribution >= 0.6 is 0 Å².